The fraction of sp³-hybridized carbons (Fsp3) is 0.111. The standard InChI is InChI=1S/C9H13N/c1-3-6-9(4-2)7-5-8-10/h3-7H,1-2,8,10H2/b7-5+,9-6+. The molecule has 0 heterocycles. The van der Waals surface area contributed by atoms with Crippen LogP contribution in [0.1, 0.15) is 0 Å². The predicted octanol–water partition coefficient (Wildman–Crippen LogP) is 1.80. The van der Waals surface area contributed by atoms with Crippen LogP contribution in [0.4, 0.5) is 0 Å². The monoisotopic (exact) mass is 135 g/mol. The molecule has 0 radical (unpaired) electrons. The molecule has 0 aliphatic heterocycles. The van der Waals surface area contributed by atoms with Crippen molar-refractivity contribution in [3.63, 3.8) is 0 Å². The second-order valence-electron chi connectivity index (χ2n) is 1.74. The molecule has 0 aromatic rings. The van der Waals surface area contributed by atoms with Crippen molar-refractivity contribution < 1.29 is 0 Å². The van der Waals surface area contributed by atoms with E-state index in [1.165, 1.54) is 0 Å². The Morgan fingerprint density at radius 2 is 2.10 bits per heavy atom. The van der Waals surface area contributed by atoms with Gasteiger partial charge in [0.15, 0.2) is 0 Å². The summed E-state index contributed by atoms with van der Waals surface area (Å²) in [5.41, 5.74) is 6.28. The van der Waals surface area contributed by atoms with Crippen molar-refractivity contribution in [2.75, 3.05) is 6.54 Å². The highest BCUT2D eigenvalue weighted by Crippen LogP contribution is 1.96. The molecule has 1 nitrogen and oxygen atoms in total. The van der Waals surface area contributed by atoms with Crippen molar-refractivity contribution in [2.24, 2.45) is 5.73 Å². The van der Waals surface area contributed by atoms with Gasteiger partial charge >= 0.3 is 0 Å². The highest BCUT2D eigenvalue weighted by Gasteiger charge is 1.77. The lowest BCUT2D eigenvalue weighted by molar-refractivity contribution is 1.25. The van der Waals surface area contributed by atoms with Gasteiger partial charge in [0, 0.05) is 6.54 Å². The summed E-state index contributed by atoms with van der Waals surface area (Å²) >= 11 is 0. The van der Waals surface area contributed by atoms with E-state index in [4.69, 9.17) is 5.73 Å². The maximum atomic E-state index is 5.25. The minimum absolute atomic E-state index is 0.558. The Morgan fingerprint density at radius 3 is 2.50 bits per heavy atom. The van der Waals surface area contributed by atoms with Gasteiger partial charge in [-0.3, -0.25) is 0 Å². The van der Waals surface area contributed by atoms with Crippen LogP contribution in [-0.2, 0) is 0 Å². The van der Waals surface area contributed by atoms with E-state index in [1.807, 2.05) is 18.2 Å². The molecule has 54 valence electrons. The van der Waals surface area contributed by atoms with Gasteiger partial charge in [0.1, 0.15) is 0 Å². The molecular weight excluding hydrogens is 122 g/mol. The van der Waals surface area contributed by atoms with E-state index in [2.05, 4.69) is 13.2 Å². The summed E-state index contributed by atoms with van der Waals surface area (Å²) in [5, 5.41) is 0. The Hall–Kier alpha value is -1.08. The average molecular weight is 135 g/mol. The second-order valence-corrected chi connectivity index (χ2v) is 1.74. The summed E-state index contributed by atoms with van der Waals surface area (Å²) in [6.07, 6.45) is 9.14. The lowest BCUT2D eigenvalue weighted by Crippen LogP contribution is -1.92. The van der Waals surface area contributed by atoms with Crippen molar-refractivity contribution >= 4 is 0 Å². The Bertz CT molecular complexity index is 164. The smallest absolute Gasteiger partial charge is 0.0110 e. The molecular formula is C9H13N. The quantitative estimate of drug-likeness (QED) is 0.584. The van der Waals surface area contributed by atoms with Gasteiger partial charge in [-0.1, -0.05) is 43.5 Å². The summed E-state index contributed by atoms with van der Waals surface area (Å²) in [7, 11) is 0. The Morgan fingerprint density at radius 1 is 1.40 bits per heavy atom. The van der Waals surface area contributed by atoms with Crippen molar-refractivity contribution in [1.29, 1.82) is 0 Å². The summed E-state index contributed by atoms with van der Waals surface area (Å²) in [4.78, 5) is 0. The zero-order valence-electron chi connectivity index (χ0n) is 6.09. The van der Waals surface area contributed by atoms with E-state index in [-0.39, 0.29) is 0 Å². The van der Waals surface area contributed by atoms with Crippen molar-refractivity contribution in [1.82, 2.24) is 0 Å². The number of rotatable bonds is 4. The van der Waals surface area contributed by atoms with Crippen LogP contribution in [0, 0.1) is 0 Å². The molecule has 0 unspecified atom stereocenters. The van der Waals surface area contributed by atoms with Crippen LogP contribution >= 0.6 is 0 Å². The van der Waals surface area contributed by atoms with Crippen LogP contribution in [0.15, 0.2) is 49.1 Å². The van der Waals surface area contributed by atoms with E-state index in [0.29, 0.717) is 6.54 Å². The summed E-state index contributed by atoms with van der Waals surface area (Å²) in [6, 6.07) is 0. The molecule has 0 aromatic heterocycles. The number of allylic oxidation sites excluding steroid dienone is 5. The normalized spacial score (nSPS) is 11.9. The van der Waals surface area contributed by atoms with Crippen LogP contribution in [0.3, 0.4) is 0 Å². The Labute approximate surface area is 62.2 Å². The van der Waals surface area contributed by atoms with Crippen molar-refractivity contribution in [3.8, 4) is 0 Å². The molecule has 0 saturated heterocycles. The average Bonchev–Trinajstić information content (AvgIpc) is 1.98. The van der Waals surface area contributed by atoms with E-state index in [9.17, 15) is 0 Å². The van der Waals surface area contributed by atoms with Crippen molar-refractivity contribution in [2.45, 2.75) is 0 Å². The van der Waals surface area contributed by atoms with Gasteiger partial charge < -0.3 is 5.73 Å². The van der Waals surface area contributed by atoms with E-state index in [1.54, 1.807) is 12.2 Å². The number of hydrogen-bond donors (Lipinski definition) is 1. The summed E-state index contributed by atoms with van der Waals surface area (Å²) in [6.45, 7) is 7.75. The maximum absolute atomic E-state index is 5.25. The third kappa shape index (κ3) is 3.87. The van der Waals surface area contributed by atoms with E-state index >= 15 is 0 Å². The molecule has 2 N–H and O–H groups in total. The largest absolute Gasteiger partial charge is 0.327 e. The molecule has 0 spiro atoms. The minimum Gasteiger partial charge on any atom is -0.327 e. The maximum Gasteiger partial charge on any atom is 0.0110 e. The molecule has 0 saturated carbocycles. The van der Waals surface area contributed by atoms with Crippen LogP contribution in [0.2, 0.25) is 0 Å². The second kappa shape index (κ2) is 6.05. The molecule has 10 heavy (non-hydrogen) atoms. The lowest BCUT2D eigenvalue weighted by atomic mass is 10.2. The molecule has 0 aliphatic carbocycles. The molecule has 0 aromatic carbocycles. The molecule has 0 aliphatic rings. The molecule has 0 amide bonds. The first-order valence-electron chi connectivity index (χ1n) is 3.17. The highest BCUT2D eigenvalue weighted by molar-refractivity contribution is 5.31. The number of nitrogens with two attached hydrogens (primary N) is 1. The van der Waals surface area contributed by atoms with Crippen molar-refractivity contribution in [3.05, 3.63) is 49.1 Å². The SMILES string of the molecule is C=C/C=C(C=C)/C=C/CN. The van der Waals surface area contributed by atoms with E-state index < -0.39 is 0 Å². The predicted molar refractivity (Wildman–Crippen MR) is 46.7 cm³/mol. The van der Waals surface area contributed by atoms with Gasteiger partial charge in [0.05, 0.1) is 0 Å². The van der Waals surface area contributed by atoms with Gasteiger partial charge in [-0.25, -0.2) is 0 Å². The first-order valence-corrected chi connectivity index (χ1v) is 3.17. The van der Waals surface area contributed by atoms with E-state index in [0.717, 1.165) is 5.57 Å². The highest BCUT2D eigenvalue weighted by atomic mass is 14.5. The van der Waals surface area contributed by atoms with Gasteiger partial charge in [-0.2, -0.15) is 0 Å². The van der Waals surface area contributed by atoms with Crippen LogP contribution in [0.25, 0.3) is 0 Å². The molecule has 0 bridgehead atoms. The molecule has 0 rings (SSSR count). The van der Waals surface area contributed by atoms with Crippen LogP contribution < -0.4 is 5.73 Å². The zero-order valence-corrected chi connectivity index (χ0v) is 6.09. The molecule has 0 fully saturated rings. The van der Waals surface area contributed by atoms with Gasteiger partial charge in [-0.15, -0.1) is 0 Å². The third-order valence-electron chi connectivity index (χ3n) is 0.992. The Balaban J connectivity index is 4.07. The first kappa shape index (κ1) is 8.92. The first-order chi connectivity index (χ1) is 4.85. The topological polar surface area (TPSA) is 26.0 Å². The van der Waals surface area contributed by atoms with Crippen LogP contribution in [0.5, 0.6) is 0 Å². The third-order valence-corrected chi connectivity index (χ3v) is 0.992. The molecule has 1 heteroatoms. The zero-order chi connectivity index (χ0) is 7.82. The fourth-order valence-corrected chi connectivity index (χ4v) is 0.532. The Kier molecular flexibility index (Phi) is 5.39. The minimum atomic E-state index is 0.558. The summed E-state index contributed by atoms with van der Waals surface area (Å²) in [5.74, 6) is 0. The van der Waals surface area contributed by atoms with Crippen LogP contribution in [-0.4, -0.2) is 6.54 Å². The fourth-order valence-electron chi connectivity index (χ4n) is 0.532. The van der Waals surface area contributed by atoms with Gasteiger partial charge in [0.25, 0.3) is 0 Å². The number of hydrogen-bond acceptors (Lipinski definition) is 1. The van der Waals surface area contributed by atoms with Gasteiger partial charge in [-0.05, 0) is 5.57 Å². The van der Waals surface area contributed by atoms with Gasteiger partial charge in [0.2, 0.25) is 0 Å². The molecule has 0 atom stereocenters. The summed E-state index contributed by atoms with van der Waals surface area (Å²) < 4.78 is 0. The lowest BCUT2D eigenvalue weighted by Gasteiger charge is -1.87.